The molecule has 1 N–H and O–H groups in total. The van der Waals surface area contributed by atoms with Crippen LogP contribution >= 0.6 is 0 Å². The van der Waals surface area contributed by atoms with E-state index in [0.29, 0.717) is 0 Å². The van der Waals surface area contributed by atoms with E-state index in [9.17, 15) is 5.11 Å². The number of benzene rings is 1. The van der Waals surface area contributed by atoms with Crippen LogP contribution in [0.2, 0.25) is 0 Å². The van der Waals surface area contributed by atoms with Gasteiger partial charge in [-0.15, -0.1) is 0 Å². The van der Waals surface area contributed by atoms with Crippen LogP contribution in [-0.2, 0) is 0 Å². The van der Waals surface area contributed by atoms with Crippen molar-refractivity contribution in [1.82, 2.24) is 4.90 Å². The van der Waals surface area contributed by atoms with Gasteiger partial charge in [0.1, 0.15) is 5.75 Å². The van der Waals surface area contributed by atoms with Gasteiger partial charge in [-0.3, -0.25) is 0 Å². The first kappa shape index (κ1) is 13.0. The molecular formula is C13H21NO2. The van der Waals surface area contributed by atoms with E-state index < -0.39 is 0 Å². The molecule has 90 valence electrons. The number of aryl methyl sites for hydroxylation is 2. The lowest BCUT2D eigenvalue weighted by molar-refractivity contribution is 0.168. The molecule has 0 radical (unpaired) electrons. The third-order valence-corrected chi connectivity index (χ3v) is 3.00. The first-order valence-electron chi connectivity index (χ1n) is 5.43. The van der Waals surface area contributed by atoms with Gasteiger partial charge in [0.2, 0.25) is 0 Å². The molecule has 0 amide bonds. The second-order valence-electron chi connectivity index (χ2n) is 4.34. The van der Waals surface area contributed by atoms with E-state index in [1.165, 1.54) is 11.1 Å². The van der Waals surface area contributed by atoms with Crippen LogP contribution in [0.1, 0.15) is 22.7 Å². The Labute approximate surface area is 97.7 Å². The lowest BCUT2D eigenvalue weighted by atomic mass is 9.99. The molecule has 0 saturated heterocycles. The summed E-state index contributed by atoms with van der Waals surface area (Å²) < 4.78 is 5.38. The van der Waals surface area contributed by atoms with Gasteiger partial charge in [0.15, 0.2) is 0 Å². The molecule has 3 heteroatoms. The molecule has 0 aliphatic heterocycles. The van der Waals surface area contributed by atoms with Gasteiger partial charge in [0, 0.05) is 5.56 Å². The molecule has 1 atom stereocenters. The van der Waals surface area contributed by atoms with E-state index in [-0.39, 0.29) is 12.6 Å². The number of likely N-dealkylation sites (N-methyl/N-ethyl adjacent to an activating group) is 1. The summed E-state index contributed by atoms with van der Waals surface area (Å²) in [7, 11) is 5.57. The molecule has 1 aromatic rings. The number of nitrogens with zero attached hydrogens (tertiary/aromatic N) is 1. The van der Waals surface area contributed by atoms with Crippen LogP contribution in [0.5, 0.6) is 5.75 Å². The first-order valence-corrected chi connectivity index (χ1v) is 5.43. The predicted octanol–water partition coefficient (Wildman–Crippen LogP) is 1.91. The predicted molar refractivity (Wildman–Crippen MR) is 66.0 cm³/mol. The summed E-state index contributed by atoms with van der Waals surface area (Å²) in [5.41, 5.74) is 3.46. The summed E-state index contributed by atoms with van der Waals surface area (Å²) in [5, 5.41) is 9.43. The normalized spacial score (nSPS) is 12.9. The van der Waals surface area contributed by atoms with E-state index >= 15 is 0 Å². The Kier molecular flexibility index (Phi) is 4.33. The highest BCUT2D eigenvalue weighted by Gasteiger charge is 2.18. The average molecular weight is 223 g/mol. The fourth-order valence-electron chi connectivity index (χ4n) is 1.79. The van der Waals surface area contributed by atoms with Crippen LogP contribution in [0, 0.1) is 13.8 Å². The minimum Gasteiger partial charge on any atom is -0.496 e. The van der Waals surface area contributed by atoms with Crippen LogP contribution < -0.4 is 4.74 Å². The molecule has 0 heterocycles. The number of rotatable bonds is 4. The van der Waals surface area contributed by atoms with Gasteiger partial charge in [0.05, 0.1) is 19.8 Å². The Morgan fingerprint density at radius 1 is 1.25 bits per heavy atom. The number of aliphatic hydroxyl groups is 1. The smallest absolute Gasteiger partial charge is 0.124 e. The lowest BCUT2D eigenvalue weighted by Gasteiger charge is -2.25. The van der Waals surface area contributed by atoms with Crippen molar-refractivity contribution in [2.75, 3.05) is 27.8 Å². The van der Waals surface area contributed by atoms with Gasteiger partial charge in [-0.1, -0.05) is 6.07 Å². The zero-order chi connectivity index (χ0) is 12.3. The maximum absolute atomic E-state index is 9.43. The molecule has 0 aromatic heterocycles. The minimum atomic E-state index is -0.0192. The summed E-state index contributed by atoms with van der Waals surface area (Å²) in [4.78, 5) is 1.99. The molecule has 16 heavy (non-hydrogen) atoms. The van der Waals surface area contributed by atoms with Crippen LogP contribution in [-0.4, -0.2) is 37.8 Å². The minimum absolute atomic E-state index is 0.0192. The van der Waals surface area contributed by atoms with Crippen molar-refractivity contribution in [2.45, 2.75) is 19.9 Å². The summed E-state index contributed by atoms with van der Waals surface area (Å²) in [6, 6.07) is 4.10. The van der Waals surface area contributed by atoms with Crippen molar-refractivity contribution >= 4 is 0 Å². The largest absolute Gasteiger partial charge is 0.496 e. The van der Waals surface area contributed by atoms with Gasteiger partial charge < -0.3 is 14.7 Å². The highest BCUT2D eigenvalue weighted by Crippen LogP contribution is 2.30. The van der Waals surface area contributed by atoms with Crippen molar-refractivity contribution in [3.05, 3.63) is 28.8 Å². The number of hydrogen-bond donors (Lipinski definition) is 1. The molecule has 0 bridgehead atoms. The van der Waals surface area contributed by atoms with Gasteiger partial charge in [-0.25, -0.2) is 0 Å². The second-order valence-corrected chi connectivity index (χ2v) is 4.34. The Morgan fingerprint density at radius 3 is 2.25 bits per heavy atom. The van der Waals surface area contributed by atoms with Crippen molar-refractivity contribution < 1.29 is 9.84 Å². The molecular weight excluding hydrogens is 202 g/mol. The van der Waals surface area contributed by atoms with Gasteiger partial charge in [0.25, 0.3) is 0 Å². The van der Waals surface area contributed by atoms with Gasteiger partial charge in [-0.05, 0) is 45.1 Å². The van der Waals surface area contributed by atoms with Crippen molar-refractivity contribution in [3.63, 3.8) is 0 Å². The summed E-state index contributed by atoms with van der Waals surface area (Å²) in [6.07, 6.45) is 0. The van der Waals surface area contributed by atoms with Crippen LogP contribution in [0.25, 0.3) is 0 Å². The fraction of sp³-hybridized carbons (Fsp3) is 0.538. The number of methoxy groups -OCH3 is 1. The van der Waals surface area contributed by atoms with Crippen LogP contribution in [0.3, 0.4) is 0 Å². The Hall–Kier alpha value is -1.06. The van der Waals surface area contributed by atoms with E-state index in [0.717, 1.165) is 11.3 Å². The third-order valence-electron chi connectivity index (χ3n) is 3.00. The van der Waals surface area contributed by atoms with Gasteiger partial charge >= 0.3 is 0 Å². The van der Waals surface area contributed by atoms with Crippen molar-refractivity contribution in [2.24, 2.45) is 0 Å². The first-order chi connectivity index (χ1) is 7.51. The SMILES string of the molecule is COc1cc(C)c(C)cc1C(CO)N(C)C. The van der Waals surface area contributed by atoms with Crippen LogP contribution in [0.15, 0.2) is 12.1 Å². The average Bonchev–Trinajstić information content (AvgIpc) is 2.23. The van der Waals surface area contributed by atoms with E-state index in [2.05, 4.69) is 19.9 Å². The Bertz CT molecular complexity index is 361. The monoisotopic (exact) mass is 223 g/mol. The van der Waals surface area contributed by atoms with Gasteiger partial charge in [-0.2, -0.15) is 0 Å². The molecule has 1 rings (SSSR count). The lowest BCUT2D eigenvalue weighted by Crippen LogP contribution is -2.23. The molecule has 0 saturated carbocycles. The maximum Gasteiger partial charge on any atom is 0.124 e. The van der Waals surface area contributed by atoms with Crippen molar-refractivity contribution in [3.8, 4) is 5.75 Å². The molecule has 0 aliphatic rings. The second kappa shape index (κ2) is 5.32. The zero-order valence-electron chi connectivity index (χ0n) is 10.7. The number of aliphatic hydroxyl groups excluding tert-OH is 1. The third kappa shape index (κ3) is 2.54. The summed E-state index contributed by atoms with van der Waals surface area (Å²) >= 11 is 0. The maximum atomic E-state index is 9.43. The Balaban J connectivity index is 3.24. The number of ether oxygens (including phenoxy) is 1. The standard InChI is InChI=1S/C13H21NO2/c1-9-6-11(12(8-15)14(3)4)13(16-5)7-10(9)2/h6-7,12,15H,8H2,1-5H3. The van der Waals surface area contributed by atoms with E-state index in [1.54, 1.807) is 7.11 Å². The van der Waals surface area contributed by atoms with E-state index in [1.807, 2.05) is 25.1 Å². The highest BCUT2D eigenvalue weighted by molar-refractivity contribution is 5.43. The molecule has 0 aliphatic carbocycles. The molecule has 1 aromatic carbocycles. The number of hydrogen-bond acceptors (Lipinski definition) is 3. The Morgan fingerprint density at radius 2 is 1.81 bits per heavy atom. The van der Waals surface area contributed by atoms with Crippen LogP contribution in [0.4, 0.5) is 0 Å². The molecule has 0 spiro atoms. The topological polar surface area (TPSA) is 32.7 Å². The fourth-order valence-corrected chi connectivity index (χ4v) is 1.79. The molecule has 0 fully saturated rings. The zero-order valence-corrected chi connectivity index (χ0v) is 10.7. The van der Waals surface area contributed by atoms with E-state index in [4.69, 9.17) is 4.74 Å². The summed E-state index contributed by atoms with van der Waals surface area (Å²) in [6.45, 7) is 4.22. The van der Waals surface area contributed by atoms with Crippen molar-refractivity contribution in [1.29, 1.82) is 0 Å². The molecule has 3 nitrogen and oxygen atoms in total. The molecule has 1 unspecified atom stereocenters. The quantitative estimate of drug-likeness (QED) is 0.846. The summed E-state index contributed by atoms with van der Waals surface area (Å²) in [5.74, 6) is 0.843. The highest BCUT2D eigenvalue weighted by atomic mass is 16.5.